The van der Waals surface area contributed by atoms with E-state index in [4.69, 9.17) is 0 Å². The number of nitrogens with zero attached hydrogens (tertiary/aromatic N) is 5. The van der Waals surface area contributed by atoms with Crippen molar-refractivity contribution in [2.24, 2.45) is 0 Å². The zero-order valence-corrected chi connectivity index (χ0v) is 10.2. The summed E-state index contributed by atoms with van der Waals surface area (Å²) in [6, 6.07) is 3.87. The Balaban J connectivity index is 2.41. The molecule has 2 rings (SSSR count). The largest absolute Gasteiger partial charge is 0.199 e. The highest BCUT2D eigenvalue weighted by Gasteiger charge is 2.17. The summed E-state index contributed by atoms with van der Waals surface area (Å²) < 4.78 is 1.47. The molecule has 0 aromatic carbocycles. The van der Waals surface area contributed by atoms with E-state index < -0.39 is 0 Å². The van der Waals surface area contributed by atoms with E-state index in [2.05, 4.69) is 50.4 Å². The lowest BCUT2D eigenvalue weighted by atomic mass is 9.99. The van der Waals surface area contributed by atoms with Gasteiger partial charge < -0.3 is 0 Å². The Morgan fingerprint density at radius 3 is 2.93 bits per heavy atom. The second-order valence-electron chi connectivity index (χ2n) is 3.48. The van der Waals surface area contributed by atoms with Gasteiger partial charge in [0.2, 0.25) is 0 Å². The summed E-state index contributed by atoms with van der Waals surface area (Å²) in [5.74, 6) is 0.388. The number of rotatable bonds is 3. The maximum Gasteiger partial charge on any atom is 0.199 e. The van der Waals surface area contributed by atoms with Crippen LogP contribution >= 0.6 is 15.9 Å². The lowest BCUT2D eigenvalue weighted by molar-refractivity contribution is 0.607. The summed E-state index contributed by atoms with van der Waals surface area (Å²) >= 11 is 3.59. The standard InChI is InChI=1S/C9H12BrN5/c1-3-7(6(2)10)8-4-5-9-11-13-14-15(9)12-8/h4-7H,3H2,1-2H3. The van der Waals surface area contributed by atoms with E-state index >= 15 is 0 Å². The van der Waals surface area contributed by atoms with Crippen molar-refractivity contribution in [1.82, 2.24) is 25.3 Å². The van der Waals surface area contributed by atoms with Gasteiger partial charge in [-0.2, -0.15) is 5.10 Å². The second kappa shape index (κ2) is 4.22. The molecular weight excluding hydrogens is 258 g/mol. The van der Waals surface area contributed by atoms with Gasteiger partial charge in [0.05, 0.1) is 5.69 Å². The number of halogens is 1. The molecule has 2 aromatic rings. The number of hydrogen-bond donors (Lipinski definition) is 0. The van der Waals surface area contributed by atoms with Crippen molar-refractivity contribution in [3.8, 4) is 0 Å². The van der Waals surface area contributed by atoms with Gasteiger partial charge in [-0.05, 0) is 29.0 Å². The molecule has 6 heteroatoms. The van der Waals surface area contributed by atoms with Crippen molar-refractivity contribution in [2.75, 3.05) is 0 Å². The molecule has 15 heavy (non-hydrogen) atoms. The fraction of sp³-hybridized carbons (Fsp3) is 0.556. The van der Waals surface area contributed by atoms with Gasteiger partial charge in [-0.15, -0.1) is 9.73 Å². The highest BCUT2D eigenvalue weighted by molar-refractivity contribution is 9.09. The Morgan fingerprint density at radius 1 is 1.47 bits per heavy atom. The van der Waals surface area contributed by atoms with Crippen LogP contribution in [0.25, 0.3) is 5.65 Å². The fourth-order valence-corrected chi connectivity index (χ4v) is 2.28. The molecule has 0 fully saturated rings. The molecule has 0 aliphatic carbocycles. The molecule has 0 spiro atoms. The van der Waals surface area contributed by atoms with Gasteiger partial charge in [-0.25, -0.2) is 0 Å². The van der Waals surface area contributed by atoms with E-state index in [1.807, 2.05) is 12.1 Å². The minimum atomic E-state index is 0.388. The SMILES string of the molecule is CCC(c1ccc2nnnn2n1)C(C)Br. The quantitative estimate of drug-likeness (QED) is 0.798. The first-order valence-corrected chi connectivity index (χ1v) is 5.83. The van der Waals surface area contributed by atoms with Gasteiger partial charge in [0.1, 0.15) is 0 Å². The van der Waals surface area contributed by atoms with Crippen LogP contribution in [-0.2, 0) is 0 Å². The third-order valence-corrected chi connectivity index (χ3v) is 3.10. The molecule has 2 unspecified atom stereocenters. The molecule has 80 valence electrons. The first kappa shape index (κ1) is 10.5. The lowest BCUT2D eigenvalue weighted by Gasteiger charge is -2.16. The summed E-state index contributed by atoms with van der Waals surface area (Å²) in [7, 11) is 0. The highest BCUT2D eigenvalue weighted by atomic mass is 79.9. The Hall–Kier alpha value is -1.04. The van der Waals surface area contributed by atoms with Crippen LogP contribution in [0.4, 0.5) is 0 Å². The molecule has 5 nitrogen and oxygen atoms in total. The molecule has 2 heterocycles. The van der Waals surface area contributed by atoms with Crippen LogP contribution in [0.2, 0.25) is 0 Å². The van der Waals surface area contributed by atoms with Gasteiger partial charge in [0.15, 0.2) is 5.65 Å². The van der Waals surface area contributed by atoms with E-state index in [1.54, 1.807) is 0 Å². The maximum absolute atomic E-state index is 4.38. The average molecular weight is 270 g/mol. The van der Waals surface area contributed by atoms with Crippen LogP contribution in [0, 0.1) is 0 Å². The van der Waals surface area contributed by atoms with Crippen LogP contribution in [0.5, 0.6) is 0 Å². The Labute approximate surface area is 96.0 Å². The summed E-state index contributed by atoms with van der Waals surface area (Å²) in [5.41, 5.74) is 1.69. The predicted molar refractivity (Wildman–Crippen MR) is 60.0 cm³/mol. The smallest absolute Gasteiger partial charge is 0.152 e. The fourth-order valence-electron chi connectivity index (χ4n) is 1.63. The van der Waals surface area contributed by atoms with Crippen molar-refractivity contribution < 1.29 is 0 Å². The van der Waals surface area contributed by atoms with Crippen LogP contribution in [0.15, 0.2) is 12.1 Å². The monoisotopic (exact) mass is 269 g/mol. The zero-order valence-electron chi connectivity index (χ0n) is 8.63. The van der Waals surface area contributed by atoms with Crippen molar-refractivity contribution in [3.05, 3.63) is 17.8 Å². The first-order valence-electron chi connectivity index (χ1n) is 4.91. The minimum absolute atomic E-state index is 0.388. The molecular formula is C9H12BrN5. The molecule has 0 saturated carbocycles. The normalized spacial score (nSPS) is 15.4. The predicted octanol–water partition coefficient (Wildman–Crippen LogP) is 1.80. The van der Waals surface area contributed by atoms with E-state index in [0.29, 0.717) is 16.4 Å². The number of fused-ring (bicyclic) bond motifs is 1. The minimum Gasteiger partial charge on any atom is -0.152 e. The highest BCUT2D eigenvalue weighted by Crippen LogP contribution is 2.26. The van der Waals surface area contributed by atoms with Crippen LogP contribution in [0.1, 0.15) is 31.9 Å². The second-order valence-corrected chi connectivity index (χ2v) is 4.92. The Bertz CT molecular complexity index is 452. The molecule has 0 radical (unpaired) electrons. The van der Waals surface area contributed by atoms with Gasteiger partial charge in [-0.1, -0.05) is 29.8 Å². The van der Waals surface area contributed by atoms with Gasteiger partial charge in [0, 0.05) is 10.7 Å². The van der Waals surface area contributed by atoms with Crippen molar-refractivity contribution >= 4 is 21.6 Å². The lowest BCUT2D eigenvalue weighted by Crippen LogP contribution is -2.12. The number of alkyl halides is 1. The summed E-state index contributed by atoms with van der Waals surface area (Å²) in [5, 5.41) is 15.5. The molecule has 0 bridgehead atoms. The number of hydrogen-bond acceptors (Lipinski definition) is 4. The maximum atomic E-state index is 4.38. The van der Waals surface area contributed by atoms with Crippen LogP contribution < -0.4 is 0 Å². The average Bonchev–Trinajstić information content (AvgIpc) is 2.65. The van der Waals surface area contributed by atoms with Crippen LogP contribution in [-0.4, -0.2) is 30.1 Å². The number of tetrazole rings is 1. The molecule has 2 atom stereocenters. The third kappa shape index (κ3) is 1.99. The van der Waals surface area contributed by atoms with Crippen molar-refractivity contribution in [3.63, 3.8) is 0 Å². The topological polar surface area (TPSA) is 56.0 Å². The summed E-state index contributed by atoms with van der Waals surface area (Å²) in [4.78, 5) is 0.393. The van der Waals surface area contributed by atoms with E-state index in [1.165, 1.54) is 4.63 Å². The molecule has 2 aromatic heterocycles. The van der Waals surface area contributed by atoms with Crippen molar-refractivity contribution in [2.45, 2.75) is 31.0 Å². The van der Waals surface area contributed by atoms with Crippen LogP contribution in [0.3, 0.4) is 0 Å². The number of aromatic nitrogens is 5. The van der Waals surface area contributed by atoms with Gasteiger partial charge in [0.25, 0.3) is 0 Å². The van der Waals surface area contributed by atoms with Gasteiger partial charge >= 0.3 is 0 Å². The molecule has 0 N–H and O–H groups in total. The Kier molecular flexibility index (Phi) is 2.95. The zero-order chi connectivity index (χ0) is 10.8. The summed E-state index contributed by atoms with van der Waals surface area (Å²) in [6.45, 7) is 4.27. The van der Waals surface area contributed by atoms with E-state index in [-0.39, 0.29) is 0 Å². The molecule has 0 aliphatic rings. The first-order chi connectivity index (χ1) is 7.22. The van der Waals surface area contributed by atoms with Crippen molar-refractivity contribution in [1.29, 1.82) is 0 Å². The molecule has 0 amide bonds. The third-order valence-electron chi connectivity index (χ3n) is 2.46. The van der Waals surface area contributed by atoms with E-state index in [0.717, 1.165) is 12.1 Å². The molecule has 0 saturated heterocycles. The van der Waals surface area contributed by atoms with E-state index in [9.17, 15) is 0 Å². The molecule has 0 aliphatic heterocycles. The van der Waals surface area contributed by atoms with Gasteiger partial charge in [-0.3, -0.25) is 0 Å². The summed E-state index contributed by atoms with van der Waals surface area (Å²) in [6.07, 6.45) is 1.03. The Morgan fingerprint density at radius 2 is 2.27 bits per heavy atom.